The quantitative estimate of drug-likeness (QED) is 0.840. The third kappa shape index (κ3) is 2.76. The van der Waals surface area contributed by atoms with Crippen LogP contribution < -0.4 is 14.2 Å². The normalized spacial score (nSPS) is 18.8. The average molecular weight is 345 g/mol. The van der Waals surface area contributed by atoms with Crippen LogP contribution in [-0.4, -0.2) is 33.7 Å². The molecule has 0 radical (unpaired) electrons. The number of benzene rings is 1. The molecule has 0 saturated carbocycles. The fourth-order valence-corrected chi connectivity index (χ4v) is 2.97. The number of methoxy groups -OCH3 is 3. The molecule has 1 fully saturated rings. The van der Waals surface area contributed by atoms with Crippen LogP contribution in [0.1, 0.15) is 24.5 Å². The lowest BCUT2D eigenvalue weighted by Gasteiger charge is -2.25. The maximum atomic E-state index is 11.6. The summed E-state index contributed by atoms with van der Waals surface area (Å²) >= 11 is 3.50. The molecule has 1 heterocycles. The van der Waals surface area contributed by atoms with Crippen LogP contribution in [0.15, 0.2) is 10.5 Å². The van der Waals surface area contributed by atoms with Gasteiger partial charge >= 0.3 is 0 Å². The molecule has 0 aromatic heterocycles. The summed E-state index contributed by atoms with van der Waals surface area (Å²) in [5.41, 5.74) is 0.826. The zero-order chi connectivity index (χ0) is 14.7. The Morgan fingerprint density at radius 3 is 2.45 bits per heavy atom. The molecule has 1 atom stereocenters. The molecule has 1 aromatic rings. The van der Waals surface area contributed by atoms with Crippen molar-refractivity contribution in [3.63, 3.8) is 0 Å². The Hall–Kier alpha value is -1.27. The van der Waals surface area contributed by atoms with Gasteiger partial charge in [0.2, 0.25) is 5.75 Å². The average Bonchev–Trinajstić information content (AvgIpc) is 2.46. The monoisotopic (exact) mass is 344 g/mol. The van der Waals surface area contributed by atoms with E-state index in [0.29, 0.717) is 36.7 Å². The van der Waals surface area contributed by atoms with Crippen molar-refractivity contribution in [2.24, 2.45) is 0 Å². The second kappa shape index (κ2) is 6.45. The Balaban J connectivity index is 2.50. The van der Waals surface area contributed by atoms with Gasteiger partial charge < -0.3 is 18.9 Å². The van der Waals surface area contributed by atoms with Crippen molar-refractivity contribution in [1.29, 1.82) is 0 Å². The first-order chi connectivity index (χ1) is 9.62. The molecule has 110 valence electrons. The Morgan fingerprint density at radius 2 is 1.90 bits per heavy atom. The van der Waals surface area contributed by atoms with E-state index in [2.05, 4.69) is 15.9 Å². The predicted molar refractivity (Wildman–Crippen MR) is 76.7 cm³/mol. The highest BCUT2D eigenvalue weighted by atomic mass is 79.9. The van der Waals surface area contributed by atoms with Gasteiger partial charge in [0.1, 0.15) is 5.78 Å². The number of ketones is 1. The highest BCUT2D eigenvalue weighted by molar-refractivity contribution is 9.10. The van der Waals surface area contributed by atoms with E-state index in [1.165, 1.54) is 0 Å². The summed E-state index contributed by atoms with van der Waals surface area (Å²) in [4.78, 5) is 11.6. The SMILES string of the molecule is COc1cc(C2CC(=O)CCO2)c(Br)c(OC)c1OC. The molecule has 20 heavy (non-hydrogen) atoms. The Bertz CT molecular complexity index is 515. The lowest BCUT2D eigenvalue weighted by Crippen LogP contribution is -2.20. The molecule has 6 heteroatoms. The van der Waals surface area contributed by atoms with Gasteiger partial charge in [0.25, 0.3) is 0 Å². The fourth-order valence-electron chi connectivity index (χ4n) is 2.26. The summed E-state index contributed by atoms with van der Waals surface area (Å²) in [6, 6.07) is 1.81. The molecule has 0 amide bonds. The molecule has 0 aliphatic carbocycles. The number of carbonyl (C=O) groups excluding carboxylic acids is 1. The maximum Gasteiger partial charge on any atom is 0.204 e. The second-order valence-corrected chi connectivity index (χ2v) is 5.19. The molecular formula is C14H17BrO5. The zero-order valence-electron chi connectivity index (χ0n) is 11.7. The van der Waals surface area contributed by atoms with Gasteiger partial charge in [-0.2, -0.15) is 0 Å². The van der Waals surface area contributed by atoms with Crippen molar-refractivity contribution < 1.29 is 23.7 Å². The highest BCUT2D eigenvalue weighted by Gasteiger charge is 2.28. The van der Waals surface area contributed by atoms with E-state index in [0.717, 1.165) is 10.0 Å². The van der Waals surface area contributed by atoms with Crippen LogP contribution in [0.2, 0.25) is 0 Å². The van der Waals surface area contributed by atoms with Gasteiger partial charge in [0.15, 0.2) is 11.5 Å². The number of carbonyl (C=O) groups is 1. The van der Waals surface area contributed by atoms with Crippen LogP contribution in [0.25, 0.3) is 0 Å². The van der Waals surface area contributed by atoms with Gasteiger partial charge in [-0.3, -0.25) is 4.79 Å². The summed E-state index contributed by atoms with van der Waals surface area (Å²) in [5, 5.41) is 0. The standard InChI is InChI=1S/C14H17BrO5/c1-17-11-7-9(10-6-8(16)4-5-20-10)12(15)14(19-3)13(11)18-2/h7,10H,4-6H2,1-3H3. The molecule has 0 spiro atoms. The summed E-state index contributed by atoms with van der Waals surface area (Å²) in [5.74, 6) is 1.78. The van der Waals surface area contributed by atoms with Gasteiger partial charge in [0.05, 0.1) is 38.5 Å². The summed E-state index contributed by atoms with van der Waals surface area (Å²) in [6.07, 6.45) is 0.537. The lowest BCUT2D eigenvalue weighted by molar-refractivity contribution is -0.128. The topological polar surface area (TPSA) is 54.0 Å². The van der Waals surface area contributed by atoms with E-state index in [1.54, 1.807) is 21.3 Å². The molecular weight excluding hydrogens is 328 g/mol. The maximum absolute atomic E-state index is 11.6. The van der Waals surface area contributed by atoms with E-state index in [1.807, 2.05) is 6.07 Å². The van der Waals surface area contributed by atoms with E-state index < -0.39 is 0 Å². The zero-order valence-corrected chi connectivity index (χ0v) is 13.3. The molecule has 0 bridgehead atoms. The van der Waals surface area contributed by atoms with Gasteiger partial charge in [-0.25, -0.2) is 0 Å². The minimum atomic E-state index is -0.292. The number of rotatable bonds is 4. The highest BCUT2D eigenvalue weighted by Crippen LogP contribution is 2.47. The molecule has 5 nitrogen and oxygen atoms in total. The van der Waals surface area contributed by atoms with Crippen LogP contribution in [0.3, 0.4) is 0 Å². The van der Waals surface area contributed by atoms with Crippen LogP contribution in [-0.2, 0) is 9.53 Å². The van der Waals surface area contributed by atoms with E-state index in [9.17, 15) is 4.79 Å². The third-order valence-corrected chi connectivity index (χ3v) is 4.08. The Labute approximate surface area is 126 Å². The molecule has 2 rings (SSSR count). The largest absolute Gasteiger partial charge is 0.493 e. The number of ether oxygens (including phenoxy) is 4. The molecule has 0 N–H and O–H groups in total. The van der Waals surface area contributed by atoms with Crippen LogP contribution in [0.4, 0.5) is 0 Å². The Morgan fingerprint density at radius 1 is 1.20 bits per heavy atom. The first kappa shape index (κ1) is 15.1. The van der Waals surface area contributed by atoms with Gasteiger partial charge in [-0.15, -0.1) is 0 Å². The summed E-state index contributed by atoms with van der Waals surface area (Å²) in [7, 11) is 4.66. The van der Waals surface area contributed by atoms with Crippen molar-refractivity contribution >= 4 is 21.7 Å². The van der Waals surface area contributed by atoms with Crippen LogP contribution in [0.5, 0.6) is 17.2 Å². The van der Waals surface area contributed by atoms with Gasteiger partial charge in [0, 0.05) is 18.4 Å². The van der Waals surface area contributed by atoms with Gasteiger partial charge in [-0.05, 0) is 22.0 Å². The Kier molecular flexibility index (Phi) is 4.88. The van der Waals surface area contributed by atoms with Crippen LogP contribution in [0, 0.1) is 0 Å². The minimum absolute atomic E-state index is 0.196. The van der Waals surface area contributed by atoms with Crippen molar-refractivity contribution in [1.82, 2.24) is 0 Å². The molecule has 1 saturated heterocycles. The van der Waals surface area contributed by atoms with Crippen LogP contribution >= 0.6 is 15.9 Å². The third-order valence-electron chi connectivity index (χ3n) is 3.26. The van der Waals surface area contributed by atoms with Crippen molar-refractivity contribution in [3.05, 3.63) is 16.1 Å². The van der Waals surface area contributed by atoms with Crippen molar-refractivity contribution in [2.45, 2.75) is 18.9 Å². The lowest BCUT2D eigenvalue weighted by atomic mass is 9.99. The molecule has 1 aliphatic rings. The molecule has 1 aromatic carbocycles. The van der Waals surface area contributed by atoms with E-state index >= 15 is 0 Å². The number of hydrogen-bond acceptors (Lipinski definition) is 5. The number of halogens is 1. The van der Waals surface area contributed by atoms with E-state index in [4.69, 9.17) is 18.9 Å². The number of hydrogen-bond donors (Lipinski definition) is 0. The molecule has 1 aliphatic heterocycles. The first-order valence-electron chi connectivity index (χ1n) is 6.24. The second-order valence-electron chi connectivity index (χ2n) is 4.40. The summed E-state index contributed by atoms with van der Waals surface area (Å²) < 4.78 is 22.4. The molecule has 1 unspecified atom stereocenters. The number of Topliss-reactive ketones (excluding diaryl/α,β-unsaturated/α-hetero) is 1. The first-order valence-corrected chi connectivity index (χ1v) is 7.03. The van der Waals surface area contributed by atoms with Gasteiger partial charge in [-0.1, -0.05) is 0 Å². The van der Waals surface area contributed by atoms with Crippen molar-refractivity contribution in [2.75, 3.05) is 27.9 Å². The smallest absolute Gasteiger partial charge is 0.204 e. The predicted octanol–water partition coefficient (Wildman–Crippen LogP) is 2.90. The van der Waals surface area contributed by atoms with E-state index in [-0.39, 0.29) is 11.9 Å². The fraction of sp³-hybridized carbons (Fsp3) is 0.500. The van der Waals surface area contributed by atoms with Crippen molar-refractivity contribution in [3.8, 4) is 17.2 Å². The summed E-state index contributed by atoms with van der Waals surface area (Å²) in [6.45, 7) is 0.437. The minimum Gasteiger partial charge on any atom is -0.493 e.